The van der Waals surface area contributed by atoms with Crippen LogP contribution >= 0.6 is 34.5 Å². The lowest BCUT2D eigenvalue weighted by Gasteiger charge is -2.15. The number of pyridine rings is 2. The van der Waals surface area contributed by atoms with E-state index in [1.54, 1.807) is 11.3 Å². The zero-order valence-electron chi connectivity index (χ0n) is 17.3. The molecule has 0 spiro atoms. The highest BCUT2D eigenvalue weighted by molar-refractivity contribution is 7.12. The van der Waals surface area contributed by atoms with Gasteiger partial charge in [0.25, 0.3) is 5.91 Å². The lowest BCUT2D eigenvalue weighted by molar-refractivity contribution is -0.139. The molecule has 0 aliphatic heterocycles. The van der Waals surface area contributed by atoms with Gasteiger partial charge in [0.05, 0.1) is 15.6 Å². The minimum atomic E-state index is -1.13. The highest BCUT2D eigenvalue weighted by atomic mass is 35.5. The average molecular weight is 493 g/mol. The molecule has 0 saturated carbocycles. The molecule has 32 heavy (non-hydrogen) atoms. The number of thiophene rings is 1. The van der Waals surface area contributed by atoms with E-state index in [-0.39, 0.29) is 22.0 Å². The Labute approximate surface area is 199 Å². The van der Waals surface area contributed by atoms with E-state index < -0.39 is 17.9 Å². The van der Waals surface area contributed by atoms with Crippen molar-refractivity contribution < 1.29 is 14.7 Å². The molecule has 0 fully saturated rings. The second-order valence-corrected chi connectivity index (χ2v) is 9.10. The maximum absolute atomic E-state index is 12.5. The van der Waals surface area contributed by atoms with Gasteiger partial charge >= 0.3 is 5.97 Å². The van der Waals surface area contributed by atoms with Gasteiger partial charge in [0, 0.05) is 41.3 Å². The molecule has 3 aromatic rings. The standard InChI is InChI=1S/C22H22Cl2N4O3S/c1-25-19-7-3-5-13(27-19)4-2-6-14-8-9-15(32-14)10-18(22(30)31)28-21(29)20-16(23)11-26-12-17(20)24/h3,5,7-9,11-12,18H,2,4,6,10H2,1H3,(H,25,27)(H,28,29)(H,30,31)/t18-/m0/s1. The molecule has 10 heteroatoms. The summed E-state index contributed by atoms with van der Waals surface area (Å²) in [6.45, 7) is 0. The van der Waals surface area contributed by atoms with Crippen molar-refractivity contribution in [2.75, 3.05) is 12.4 Å². The SMILES string of the molecule is CNc1cccc(CCCc2ccc(C[C@H](NC(=O)c3c(Cl)cncc3Cl)C(=O)O)s2)n1. The van der Waals surface area contributed by atoms with Crippen LogP contribution in [0, 0.1) is 0 Å². The molecule has 0 radical (unpaired) electrons. The molecule has 168 valence electrons. The molecule has 0 bridgehead atoms. The Bertz CT molecular complexity index is 1090. The number of carboxylic acids is 1. The molecule has 0 unspecified atom stereocenters. The maximum atomic E-state index is 12.5. The van der Waals surface area contributed by atoms with Gasteiger partial charge in [-0.15, -0.1) is 11.3 Å². The summed E-state index contributed by atoms with van der Waals surface area (Å²) >= 11 is 13.5. The number of hydrogen-bond donors (Lipinski definition) is 3. The lowest BCUT2D eigenvalue weighted by Crippen LogP contribution is -2.42. The molecule has 3 rings (SSSR count). The summed E-state index contributed by atoms with van der Waals surface area (Å²) in [5.41, 5.74) is 1.04. The van der Waals surface area contributed by atoms with Crippen molar-refractivity contribution in [3.63, 3.8) is 0 Å². The number of nitrogens with zero attached hydrogens (tertiary/aromatic N) is 2. The average Bonchev–Trinajstić information content (AvgIpc) is 3.20. The second kappa shape index (κ2) is 11.3. The molecular formula is C22H22Cl2N4O3S. The summed E-state index contributed by atoms with van der Waals surface area (Å²) < 4.78 is 0. The summed E-state index contributed by atoms with van der Waals surface area (Å²) in [7, 11) is 1.84. The minimum Gasteiger partial charge on any atom is -0.480 e. The predicted octanol–water partition coefficient (Wildman–Crippen LogP) is 4.49. The van der Waals surface area contributed by atoms with Crippen molar-refractivity contribution in [3.8, 4) is 0 Å². The van der Waals surface area contributed by atoms with E-state index >= 15 is 0 Å². The zero-order valence-corrected chi connectivity index (χ0v) is 19.6. The van der Waals surface area contributed by atoms with E-state index in [1.807, 2.05) is 37.4 Å². The van der Waals surface area contributed by atoms with Gasteiger partial charge in [-0.3, -0.25) is 9.78 Å². The third-order valence-corrected chi connectivity index (χ3v) is 6.47. The first-order chi connectivity index (χ1) is 15.4. The number of nitrogens with one attached hydrogen (secondary N) is 2. The van der Waals surface area contributed by atoms with Gasteiger partial charge in [-0.05, 0) is 43.5 Å². The van der Waals surface area contributed by atoms with Crippen LogP contribution in [-0.2, 0) is 24.1 Å². The zero-order chi connectivity index (χ0) is 23.1. The number of halogens is 2. The molecule has 0 saturated heterocycles. The summed E-state index contributed by atoms with van der Waals surface area (Å²) in [6, 6.07) is 8.68. The van der Waals surface area contributed by atoms with Crippen LogP contribution in [-0.4, -0.2) is 40.0 Å². The molecule has 0 aliphatic rings. The van der Waals surface area contributed by atoms with Gasteiger partial charge < -0.3 is 15.7 Å². The normalized spacial score (nSPS) is 11.7. The van der Waals surface area contributed by atoms with Crippen molar-refractivity contribution in [1.29, 1.82) is 0 Å². The quantitative estimate of drug-likeness (QED) is 0.385. The van der Waals surface area contributed by atoms with Crippen LogP contribution in [0.3, 0.4) is 0 Å². The fraction of sp³-hybridized carbons (Fsp3) is 0.273. The summed E-state index contributed by atoms with van der Waals surface area (Å²) in [5.74, 6) is -0.940. The lowest BCUT2D eigenvalue weighted by atomic mass is 10.1. The third kappa shape index (κ3) is 6.41. The number of anilines is 1. The highest BCUT2D eigenvalue weighted by Gasteiger charge is 2.24. The summed E-state index contributed by atoms with van der Waals surface area (Å²) in [4.78, 5) is 34.6. The van der Waals surface area contributed by atoms with Gasteiger partial charge in [0.15, 0.2) is 0 Å². The number of aromatic nitrogens is 2. The van der Waals surface area contributed by atoms with Crippen molar-refractivity contribution in [2.24, 2.45) is 0 Å². The Balaban J connectivity index is 1.58. The molecular weight excluding hydrogens is 471 g/mol. The van der Waals surface area contributed by atoms with Gasteiger partial charge in [0.1, 0.15) is 11.9 Å². The summed E-state index contributed by atoms with van der Waals surface area (Å²) in [5, 5.41) is 15.2. The first-order valence-corrected chi connectivity index (χ1v) is 11.5. The van der Waals surface area contributed by atoms with Crippen LogP contribution in [0.2, 0.25) is 10.0 Å². The number of hydrogen-bond acceptors (Lipinski definition) is 6. The number of aryl methyl sites for hydroxylation is 2. The number of rotatable bonds is 10. The first-order valence-electron chi connectivity index (χ1n) is 9.91. The molecule has 0 aromatic carbocycles. The van der Waals surface area contributed by atoms with E-state index in [0.717, 1.165) is 40.5 Å². The molecule has 0 aliphatic carbocycles. The number of carboxylic acid groups (broad SMARTS) is 1. The number of carbonyl (C=O) groups excluding carboxylic acids is 1. The van der Waals surface area contributed by atoms with E-state index in [2.05, 4.69) is 20.6 Å². The van der Waals surface area contributed by atoms with E-state index in [4.69, 9.17) is 23.2 Å². The fourth-order valence-electron chi connectivity index (χ4n) is 3.13. The topological polar surface area (TPSA) is 104 Å². The number of amides is 1. The van der Waals surface area contributed by atoms with E-state index in [1.165, 1.54) is 12.4 Å². The maximum Gasteiger partial charge on any atom is 0.326 e. The molecule has 3 heterocycles. The van der Waals surface area contributed by atoms with E-state index in [9.17, 15) is 14.7 Å². The Morgan fingerprint density at radius 2 is 1.81 bits per heavy atom. The van der Waals surface area contributed by atoms with Crippen LogP contribution in [0.1, 0.15) is 32.2 Å². The van der Waals surface area contributed by atoms with Crippen LogP contribution < -0.4 is 10.6 Å². The number of carbonyl (C=O) groups is 2. The minimum absolute atomic E-state index is 0.0115. The summed E-state index contributed by atoms with van der Waals surface area (Å²) in [6.07, 6.45) is 5.38. The smallest absolute Gasteiger partial charge is 0.326 e. The third-order valence-electron chi connectivity index (χ3n) is 4.73. The van der Waals surface area contributed by atoms with Gasteiger partial charge in [0.2, 0.25) is 0 Å². The van der Waals surface area contributed by atoms with Crippen molar-refractivity contribution in [2.45, 2.75) is 31.7 Å². The Hall–Kier alpha value is -2.68. The predicted molar refractivity (Wildman–Crippen MR) is 127 cm³/mol. The van der Waals surface area contributed by atoms with E-state index in [0.29, 0.717) is 0 Å². The van der Waals surface area contributed by atoms with Crippen LogP contribution in [0.25, 0.3) is 0 Å². The number of aliphatic carboxylic acids is 1. The second-order valence-electron chi connectivity index (χ2n) is 7.03. The van der Waals surface area contributed by atoms with Gasteiger partial charge in [-0.2, -0.15) is 0 Å². The fourth-order valence-corrected chi connectivity index (χ4v) is 4.77. The Morgan fingerprint density at radius 3 is 2.50 bits per heavy atom. The van der Waals surface area contributed by atoms with Crippen molar-refractivity contribution in [3.05, 3.63) is 73.8 Å². The van der Waals surface area contributed by atoms with Crippen LogP contribution in [0.4, 0.5) is 5.82 Å². The van der Waals surface area contributed by atoms with Gasteiger partial charge in [-0.1, -0.05) is 29.3 Å². The van der Waals surface area contributed by atoms with Crippen molar-refractivity contribution in [1.82, 2.24) is 15.3 Å². The van der Waals surface area contributed by atoms with Crippen molar-refractivity contribution >= 4 is 52.2 Å². The van der Waals surface area contributed by atoms with Crippen LogP contribution in [0.15, 0.2) is 42.7 Å². The Kier molecular flexibility index (Phi) is 8.44. The Morgan fingerprint density at radius 1 is 1.09 bits per heavy atom. The monoisotopic (exact) mass is 492 g/mol. The molecule has 3 aromatic heterocycles. The highest BCUT2D eigenvalue weighted by Crippen LogP contribution is 2.24. The van der Waals surface area contributed by atoms with Gasteiger partial charge in [-0.25, -0.2) is 9.78 Å². The molecule has 1 atom stereocenters. The molecule has 3 N–H and O–H groups in total. The molecule has 7 nitrogen and oxygen atoms in total. The first kappa shape index (κ1) is 24.0. The molecule has 1 amide bonds. The largest absolute Gasteiger partial charge is 0.480 e. The van der Waals surface area contributed by atoms with Crippen LogP contribution in [0.5, 0.6) is 0 Å².